The standard InChI is InChI=1S/C12H18O/c1-3-4-5-8-11-10(2)7-6-9-12(11)13/h6-7,9,13H,3-5,8H2,1-2H3. The third kappa shape index (κ3) is 2.76. The van der Waals surface area contributed by atoms with Crippen LogP contribution >= 0.6 is 0 Å². The van der Waals surface area contributed by atoms with E-state index in [-0.39, 0.29) is 0 Å². The molecule has 0 bridgehead atoms. The van der Waals surface area contributed by atoms with E-state index in [1.54, 1.807) is 6.07 Å². The zero-order chi connectivity index (χ0) is 9.68. The summed E-state index contributed by atoms with van der Waals surface area (Å²) >= 11 is 0. The van der Waals surface area contributed by atoms with Crippen molar-refractivity contribution in [3.63, 3.8) is 0 Å². The van der Waals surface area contributed by atoms with Crippen LogP contribution < -0.4 is 0 Å². The molecule has 0 unspecified atom stereocenters. The largest absolute Gasteiger partial charge is 0.508 e. The van der Waals surface area contributed by atoms with Crippen molar-refractivity contribution in [2.24, 2.45) is 0 Å². The minimum absolute atomic E-state index is 0.455. The van der Waals surface area contributed by atoms with Gasteiger partial charge in [0.15, 0.2) is 0 Å². The number of benzene rings is 1. The Kier molecular flexibility index (Phi) is 3.81. The highest BCUT2D eigenvalue weighted by Gasteiger charge is 2.02. The zero-order valence-electron chi connectivity index (χ0n) is 8.51. The lowest BCUT2D eigenvalue weighted by Crippen LogP contribution is -1.90. The maximum atomic E-state index is 9.59. The smallest absolute Gasteiger partial charge is 0.119 e. The van der Waals surface area contributed by atoms with Gasteiger partial charge >= 0.3 is 0 Å². The van der Waals surface area contributed by atoms with Crippen LogP contribution in [0.1, 0.15) is 37.3 Å². The predicted molar refractivity (Wildman–Crippen MR) is 56.1 cm³/mol. The molecule has 1 rings (SSSR count). The van der Waals surface area contributed by atoms with Crippen molar-refractivity contribution in [2.45, 2.75) is 39.5 Å². The fourth-order valence-corrected chi connectivity index (χ4v) is 1.56. The number of phenols is 1. The third-order valence-corrected chi connectivity index (χ3v) is 2.42. The first-order chi connectivity index (χ1) is 6.25. The lowest BCUT2D eigenvalue weighted by molar-refractivity contribution is 0.466. The molecule has 1 N–H and O–H groups in total. The van der Waals surface area contributed by atoms with E-state index in [1.165, 1.54) is 24.8 Å². The van der Waals surface area contributed by atoms with Crippen LogP contribution in [0.25, 0.3) is 0 Å². The van der Waals surface area contributed by atoms with Crippen LogP contribution in [0.4, 0.5) is 0 Å². The Hall–Kier alpha value is -0.980. The van der Waals surface area contributed by atoms with Gasteiger partial charge in [-0.3, -0.25) is 0 Å². The fourth-order valence-electron chi connectivity index (χ4n) is 1.56. The summed E-state index contributed by atoms with van der Waals surface area (Å²) < 4.78 is 0. The van der Waals surface area contributed by atoms with Crippen molar-refractivity contribution in [3.8, 4) is 5.75 Å². The highest BCUT2D eigenvalue weighted by Crippen LogP contribution is 2.22. The van der Waals surface area contributed by atoms with E-state index in [1.807, 2.05) is 6.07 Å². The predicted octanol–water partition coefficient (Wildman–Crippen LogP) is 3.43. The van der Waals surface area contributed by atoms with Crippen LogP contribution in [0.3, 0.4) is 0 Å². The molecule has 1 aromatic carbocycles. The number of hydrogen-bond acceptors (Lipinski definition) is 1. The second kappa shape index (κ2) is 4.90. The Morgan fingerprint density at radius 3 is 2.62 bits per heavy atom. The average Bonchev–Trinajstić information content (AvgIpc) is 2.10. The highest BCUT2D eigenvalue weighted by atomic mass is 16.3. The first-order valence-corrected chi connectivity index (χ1v) is 5.03. The molecule has 0 atom stereocenters. The van der Waals surface area contributed by atoms with Gasteiger partial charge in [0.1, 0.15) is 5.75 Å². The van der Waals surface area contributed by atoms with Crippen LogP contribution in [0.2, 0.25) is 0 Å². The molecular weight excluding hydrogens is 160 g/mol. The summed E-state index contributed by atoms with van der Waals surface area (Å²) in [6.45, 7) is 4.25. The second-order valence-electron chi connectivity index (χ2n) is 3.53. The molecule has 0 spiro atoms. The molecule has 0 aliphatic heterocycles. The van der Waals surface area contributed by atoms with Gasteiger partial charge in [-0.2, -0.15) is 0 Å². The minimum Gasteiger partial charge on any atom is -0.508 e. The van der Waals surface area contributed by atoms with Crippen LogP contribution in [0.5, 0.6) is 5.75 Å². The maximum absolute atomic E-state index is 9.59. The van der Waals surface area contributed by atoms with Crippen molar-refractivity contribution in [1.29, 1.82) is 0 Å². The summed E-state index contributed by atoms with van der Waals surface area (Å²) in [5, 5.41) is 9.59. The van der Waals surface area contributed by atoms with E-state index in [4.69, 9.17) is 0 Å². The molecule has 0 saturated heterocycles. The van der Waals surface area contributed by atoms with E-state index >= 15 is 0 Å². The molecule has 0 amide bonds. The first-order valence-electron chi connectivity index (χ1n) is 5.03. The van der Waals surface area contributed by atoms with E-state index in [0.29, 0.717) is 5.75 Å². The molecule has 0 aliphatic carbocycles. The average molecular weight is 178 g/mol. The van der Waals surface area contributed by atoms with Crippen LogP contribution in [0, 0.1) is 6.92 Å². The Labute approximate surface area is 80.4 Å². The highest BCUT2D eigenvalue weighted by molar-refractivity contribution is 5.38. The van der Waals surface area contributed by atoms with Crippen molar-refractivity contribution >= 4 is 0 Å². The Balaban J connectivity index is 2.64. The van der Waals surface area contributed by atoms with Crippen molar-refractivity contribution in [3.05, 3.63) is 29.3 Å². The number of hydrogen-bond donors (Lipinski definition) is 1. The molecule has 0 aliphatic rings. The lowest BCUT2D eigenvalue weighted by Gasteiger charge is -2.07. The van der Waals surface area contributed by atoms with Crippen molar-refractivity contribution in [1.82, 2.24) is 0 Å². The molecule has 0 saturated carbocycles. The Bertz CT molecular complexity index is 246. The molecule has 0 radical (unpaired) electrons. The van der Waals surface area contributed by atoms with Gasteiger partial charge in [-0.15, -0.1) is 0 Å². The molecular formula is C12H18O. The van der Waals surface area contributed by atoms with E-state index in [2.05, 4.69) is 19.9 Å². The molecule has 13 heavy (non-hydrogen) atoms. The van der Waals surface area contributed by atoms with E-state index < -0.39 is 0 Å². The maximum Gasteiger partial charge on any atom is 0.119 e. The van der Waals surface area contributed by atoms with Gasteiger partial charge in [0.05, 0.1) is 0 Å². The van der Waals surface area contributed by atoms with Gasteiger partial charge in [0.25, 0.3) is 0 Å². The SMILES string of the molecule is CCCCCc1c(C)cccc1O. The summed E-state index contributed by atoms with van der Waals surface area (Å²) in [6.07, 6.45) is 4.65. The van der Waals surface area contributed by atoms with Gasteiger partial charge in [-0.05, 0) is 37.0 Å². The van der Waals surface area contributed by atoms with Crippen LogP contribution in [-0.4, -0.2) is 5.11 Å². The molecule has 0 aromatic heterocycles. The van der Waals surface area contributed by atoms with Crippen LogP contribution in [-0.2, 0) is 6.42 Å². The number of phenolic OH excluding ortho intramolecular Hbond substituents is 1. The number of aromatic hydroxyl groups is 1. The third-order valence-electron chi connectivity index (χ3n) is 2.42. The number of unbranched alkanes of at least 4 members (excludes halogenated alkanes) is 2. The Morgan fingerprint density at radius 1 is 1.23 bits per heavy atom. The van der Waals surface area contributed by atoms with Crippen molar-refractivity contribution < 1.29 is 5.11 Å². The quantitative estimate of drug-likeness (QED) is 0.700. The van der Waals surface area contributed by atoms with Gasteiger partial charge in [-0.1, -0.05) is 31.9 Å². The summed E-state index contributed by atoms with van der Waals surface area (Å²) in [5.74, 6) is 0.455. The molecule has 0 heterocycles. The van der Waals surface area contributed by atoms with Crippen LogP contribution in [0.15, 0.2) is 18.2 Å². The minimum atomic E-state index is 0.455. The topological polar surface area (TPSA) is 20.2 Å². The monoisotopic (exact) mass is 178 g/mol. The second-order valence-corrected chi connectivity index (χ2v) is 3.53. The Morgan fingerprint density at radius 2 is 2.00 bits per heavy atom. The number of aryl methyl sites for hydroxylation is 1. The van der Waals surface area contributed by atoms with E-state index in [0.717, 1.165) is 12.0 Å². The molecule has 1 heteroatoms. The summed E-state index contributed by atoms with van der Waals surface area (Å²) in [4.78, 5) is 0. The van der Waals surface area contributed by atoms with Gasteiger partial charge < -0.3 is 5.11 Å². The zero-order valence-corrected chi connectivity index (χ0v) is 8.51. The molecule has 0 fully saturated rings. The summed E-state index contributed by atoms with van der Waals surface area (Å²) in [6, 6.07) is 5.73. The lowest BCUT2D eigenvalue weighted by atomic mass is 10.0. The summed E-state index contributed by atoms with van der Waals surface area (Å²) in [5.41, 5.74) is 2.33. The normalized spacial score (nSPS) is 10.3. The van der Waals surface area contributed by atoms with Gasteiger partial charge in [0.2, 0.25) is 0 Å². The first kappa shape index (κ1) is 10.1. The molecule has 1 aromatic rings. The fraction of sp³-hybridized carbons (Fsp3) is 0.500. The van der Waals surface area contributed by atoms with Gasteiger partial charge in [-0.25, -0.2) is 0 Å². The molecule has 1 nitrogen and oxygen atoms in total. The molecule has 72 valence electrons. The number of rotatable bonds is 4. The van der Waals surface area contributed by atoms with Crippen molar-refractivity contribution in [2.75, 3.05) is 0 Å². The van der Waals surface area contributed by atoms with E-state index in [9.17, 15) is 5.11 Å². The summed E-state index contributed by atoms with van der Waals surface area (Å²) in [7, 11) is 0. The van der Waals surface area contributed by atoms with Gasteiger partial charge in [0, 0.05) is 0 Å².